The fourth-order valence-corrected chi connectivity index (χ4v) is 2.86. The second-order valence-electron chi connectivity index (χ2n) is 5.33. The van der Waals surface area contributed by atoms with Gasteiger partial charge in [0, 0.05) is 11.6 Å². The third kappa shape index (κ3) is 3.51. The molecule has 1 atom stereocenters. The van der Waals surface area contributed by atoms with Crippen LogP contribution >= 0.6 is 27.5 Å². The van der Waals surface area contributed by atoms with Gasteiger partial charge in [-0.1, -0.05) is 39.7 Å². The molecule has 0 heterocycles. The normalized spacial score (nSPS) is 16.8. The molecule has 2 nitrogen and oxygen atoms in total. The van der Waals surface area contributed by atoms with Crippen molar-refractivity contribution in [2.75, 3.05) is 5.33 Å². The predicted octanol–water partition coefficient (Wildman–Crippen LogP) is 5.10. The number of carbonyl (C=O) groups is 1. The average Bonchev–Trinajstić information content (AvgIpc) is 3.30. The van der Waals surface area contributed by atoms with E-state index in [2.05, 4.69) is 15.9 Å². The van der Waals surface area contributed by atoms with Crippen LogP contribution in [0.3, 0.4) is 0 Å². The van der Waals surface area contributed by atoms with Crippen molar-refractivity contribution in [3.63, 3.8) is 0 Å². The molecule has 0 aromatic heterocycles. The lowest BCUT2D eigenvalue weighted by Gasteiger charge is -2.38. The molecule has 0 spiro atoms. The van der Waals surface area contributed by atoms with E-state index in [1.165, 1.54) is 0 Å². The molecule has 1 saturated carbocycles. The van der Waals surface area contributed by atoms with E-state index in [9.17, 15) is 31.1 Å². The molecule has 0 radical (unpaired) electrons. The van der Waals surface area contributed by atoms with Gasteiger partial charge in [-0.05, 0) is 18.9 Å². The Morgan fingerprint density at radius 3 is 2.33 bits per heavy atom. The molecule has 1 aliphatic carbocycles. The first-order valence-corrected chi connectivity index (χ1v) is 8.28. The number of amides is 1. The van der Waals surface area contributed by atoms with Gasteiger partial charge in [-0.2, -0.15) is 22.0 Å². The lowest BCUT2D eigenvalue weighted by molar-refractivity contribution is -0.304. The van der Waals surface area contributed by atoms with Crippen LogP contribution in [0.5, 0.6) is 0 Å². The highest BCUT2D eigenvalue weighted by molar-refractivity contribution is 9.09. The van der Waals surface area contributed by atoms with Crippen LogP contribution in [0.4, 0.5) is 26.3 Å². The largest absolute Gasteiger partial charge is 0.455 e. The third-order valence-electron chi connectivity index (χ3n) is 3.62. The lowest BCUT2D eigenvalue weighted by Crippen LogP contribution is -2.52. The van der Waals surface area contributed by atoms with Crippen molar-refractivity contribution in [3.8, 4) is 0 Å². The van der Waals surface area contributed by atoms with Crippen molar-refractivity contribution >= 4 is 33.4 Å². The topological polar surface area (TPSA) is 20.3 Å². The summed E-state index contributed by atoms with van der Waals surface area (Å²) in [5.74, 6) is -7.73. The molecule has 134 valence electrons. The van der Waals surface area contributed by atoms with Gasteiger partial charge in [0.25, 0.3) is 0 Å². The molecule has 0 bridgehead atoms. The van der Waals surface area contributed by atoms with Crippen molar-refractivity contribution in [1.82, 2.24) is 4.90 Å². The summed E-state index contributed by atoms with van der Waals surface area (Å²) < 4.78 is 81.4. The van der Waals surface area contributed by atoms with Gasteiger partial charge < -0.3 is 4.90 Å². The molecule has 1 unspecified atom stereocenters. The fraction of sp³-hybridized carbons (Fsp3) is 0.500. The molecule has 1 amide bonds. The summed E-state index contributed by atoms with van der Waals surface area (Å²) in [6.07, 6.45) is -5.43. The van der Waals surface area contributed by atoms with E-state index in [0.717, 1.165) is 18.2 Å². The van der Waals surface area contributed by atoms with E-state index in [4.69, 9.17) is 11.6 Å². The number of alkyl halides is 6. The maximum Gasteiger partial charge on any atom is 0.455 e. The molecular formula is C14H11BrClF6NO. The van der Waals surface area contributed by atoms with Crippen LogP contribution in [0.2, 0.25) is 5.02 Å². The quantitative estimate of drug-likeness (QED) is 0.462. The van der Waals surface area contributed by atoms with Crippen molar-refractivity contribution in [2.45, 2.75) is 37.0 Å². The number of rotatable bonds is 5. The maximum atomic E-state index is 14.2. The van der Waals surface area contributed by atoms with Gasteiger partial charge in [0.2, 0.25) is 5.91 Å². The Bertz CT molecular complexity index is 634. The number of hydrogen-bond acceptors (Lipinski definition) is 1. The van der Waals surface area contributed by atoms with Crippen LogP contribution in [-0.2, 0) is 4.79 Å². The SMILES string of the molecule is O=C(CBr)N(C1CC1)C(c1cccc(Cl)c1F)C(F)(F)C(F)(F)F. The number of hydrogen-bond donors (Lipinski definition) is 0. The summed E-state index contributed by atoms with van der Waals surface area (Å²) in [6, 6.07) is -0.760. The van der Waals surface area contributed by atoms with E-state index in [-0.39, 0.29) is 12.8 Å². The van der Waals surface area contributed by atoms with Gasteiger partial charge >= 0.3 is 12.1 Å². The van der Waals surface area contributed by atoms with Crippen LogP contribution in [0, 0.1) is 5.82 Å². The Kier molecular flexibility index (Phi) is 5.44. The minimum absolute atomic E-state index is 0.269. The highest BCUT2D eigenvalue weighted by Gasteiger charge is 2.66. The van der Waals surface area contributed by atoms with Crippen molar-refractivity contribution in [1.29, 1.82) is 0 Å². The van der Waals surface area contributed by atoms with Gasteiger partial charge in [-0.15, -0.1) is 0 Å². The van der Waals surface area contributed by atoms with Gasteiger partial charge in [-0.25, -0.2) is 4.39 Å². The summed E-state index contributed by atoms with van der Waals surface area (Å²) in [4.78, 5) is 12.4. The van der Waals surface area contributed by atoms with Gasteiger partial charge in [0.1, 0.15) is 11.9 Å². The van der Waals surface area contributed by atoms with Crippen LogP contribution in [0.1, 0.15) is 24.4 Å². The van der Waals surface area contributed by atoms with E-state index in [1.807, 2.05) is 0 Å². The zero-order valence-corrected chi connectivity index (χ0v) is 14.2. The van der Waals surface area contributed by atoms with Crippen molar-refractivity contribution in [2.24, 2.45) is 0 Å². The number of carbonyl (C=O) groups excluding carboxylic acids is 1. The second kappa shape index (κ2) is 6.74. The fourth-order valence-electron chi connectivity index (χ4n) is 2.39. The molecule has 1 aromatic carbocycles. The lowest BCUT2D eigenvalue weighted by atomic mass is 9.97. The molecule has 24 heavy (non-hydrogen) atoms. The zero-order chi connectivity index (χ0) is 18.3. The molecule has 1 aliphatic rings. The van der Waals surface area contributed by atoms with Gasteiger partial charge in [0.15, 0.2) is 0 Å². The summed E-state index contributed by atoms with van der Waals surface area (Å²) in [5, 5.41) is -1.06. The molecule has 0 N–H and O–H groups in total. The van der Waals surface area contributed by atoms with E-state index in [1.54, 1.807) is 0 Å². The van der Waals surface area contributed by atoms with Crippen LogP contribution < -0.4 is 0 Å². The first-order chi connectivity index (χ1) is 11.0. The van der Waals surface area contributed by atoms with Crippen molar-refractivity contribution < 1.29 is 31.1 Å². The zero-order valence-electron chi connectivity index (χ0n) is 11.9. The molecule has 0 saturated heterocycles. The van der Waals surface area contributed by atoms with E-state index in [0.29, 0.717) is 4.90 Å². The first kappa shape index (κ1) is 19.4. The second-order valence-corrected chi connectivity index (χ2v) is 6.30. The highest BCUT2D eigenvalue weighted by Crippen LogP contribution is 2.51. The molecule has 2 rings (SSSR count). The smallest absolute Gasteiger partial charge is 0.325 e. The minimum Gasteiger partial charge on any atom is -0.325 e. The molecule has 0 aliphatic heterocycles. The monoisotopic (exact) mass is 437 g/mol. The Hall–Kier alpha value is -0.960. The standard InChI is InChI=1S/C14H11BrClF6NO/c15-6-10(24)23(7-4-5-7)12(13(18,19)14(20,21)22)8-2-1-3-9(16)11(8)17/h1-3,7,12H,4-6H2. The van der Waals surface area contributed by atoms with Crippen LogP contribution in [-0.4, -0.2) is 34.3 Å². The van der Waals surface area contributed by atoms with Crippen molar-refractivity contribution in [3.05, 3.63) is 34.6 Å². The summed E-state index contributed by atoms with van der Waals surface area (Å²) in [6.45, 7) is 0. The third-order valence-corrected chi connectivity index (χ3v) is 4.39. The van der Waals surface area contributed by atoms with Gasteiger partial charge in [0.05, 0.1) is 10.4 Å². The van der Waals surface area contributed by atoms with Gasteiger partial charge in [-0.3, -0.25) is 4.79 Å². The minimum atomic E-state index is -5.97. The Labute approximate surface area is 146 Å². The van der Waals surface area contributed by atoms with E-state index < -0.39 is 51.8 Å². The summed E-state index contributed by atoms with van der Waals surface area (Å²) in [5.41, 5.74) is -0.967. The van der Waals surface area contributed by atoms with Crippen LogP contribution in [0.25, 0.3) is 0 Å². The maximum absolute atomic E-state index is 14.2. The Morgan fingerprint density at radius 2 is 1.88 bits per heavy atom. The average molecular weight is 439 g/mol. The first-order valence-electron chi connectivity index (χ1n) is 6.78. The van der Waals surface area contributed by atoms with E-state index >= 15 is 0 Å². The highest BCUT2D eigenvalue weighted by atomic mass is 79.9. The molecule has 1 aromatic rings. The Balaban J connectivity index is 2.65. The number of benzene rings is 1. The molecule has 10 heteroatoms. The predicted molar refractivity (Wildman–Crippen MR) is 78.8 cm³/mol. The Morgan fingerprint density at radius 1 is 1.29 bits per heavy atom. The number of nitrogens with zero attached hydrogens (tertiary/aromatic N) is 1. The summed E-state index contributed by atoms with van der Waals surface area (Å²) >= 11 is 8.29. The summed E-state index contributed by atoms with van der Waals surface area (Å²) in [7, 11) is 0. The van der Waals surface area contributed by atoms with Crippen LogP contribution in [0.15, 0.2) is 18.2 Å². The molecular weight excluding hydrogens is 428 g/mol. The number of halogens is 8. The molecule has 1 fully saturated rings.